The van der Waals surface area contributed by atoms with E-state index in [-0.39, 0.29) is 0 Å². The molecule has 1 N–H and O–H groups in total. The third-order valence-corrected chi connectivity index (χ3v) is 6.54. The highest BCUT2D eigenvalue weighted by Gasteiger charge is 2.21. The second-order valence-corrected chi connectivity index (χ2v) is 8.27. The average Bonchev–Trinajstić information content (AvgIpc) is 2.74. The van der Waals surface area contributed by atoms with Crippen molar-refractivity contribution in [2.24, 2.45) is 5.92 Å². The van der Waals surface area contributed by atoms with Crippen molar-refractivity contribution in [1.82, 2.24) is 0 Å². The van der Waals surface area contributed by atoms with Gasteiger partial charge in [-0.15, -0.1) is 0 Å². The molecule has 2 aromatic carbocycles. The van der Waals surface area contributed by atoms with Gasteiger partial charge in [-0.25, -0.2) is 0 Å². The quantitative estimate of drug-likeness (QED) is 0.504. The van der Waals surface area contributed by atoms with Crippen molar-refractivity contribution < 1.29 is 5.11 Å². The van der Waals surface area contributed by atoms with E-state index in [9.17, 15) is 0 Å². The predicted octanol–water partition coefficient (Wildman–Crippen LogP) is 6.91. The first-order valence-electron chi connectivity index (χ1n) is 11.1. The maximum Gasteiger partial charge on any atom is 0.0431 e. The molecule has 0 amide bonds. The van der Waals surface area contributed by atoms with Gasteiger partial charge in [0.1, 0.15) is 0 Å². The molecule has 2 aromatic rings. The lowest BCUT2D eigenvalue weighted by molar-refractivity contribution is 0.284. The normalized spacial score (nSPS) is 20.0. The van der Waals surface area contributed by atoms with Crippen molar-refractivity contribution in [3.63, 3.8) is 0 Å². The van der Waals surface area contributed by atoms with E-state index in [2.05, 4.69) is 56.3 Å². The van der Waals surface area contributed by atoms with Gasteiger partial charge in [-0.3, -0.25) is 0 Å². The highest BCUT2D eigenvalue weighted by atomic mass is 16.2. The van der Waals surface area contributed by atoms with E-state index in [4.69, 9.17) is 5.11 Å². The molecule has 3 rings (SSSR count). The Labute approximate surface area is 165 Å². The van der Waals surface area contributed by atoms with Gasteiger partial charge in [0.05, 0.1) is 0 Å². The number of aliphatic hydroxyl groups is 1. The summed E-state index contributed by atoms with van der Waals surface area (Å²) in [7, 11) is 0. The fraction of sp³-hybridized carbons (Fsp3) is 0.538. The molecule has 0 bridgehead atoms. The van der Waals surface area contributed by atoms with Crippen LogP contribution in [0.2, 0.25) is 0 Å². The monoisotopic (exact) mass is 364 g/mol. The first-order valence-corrected chi connectivity index (χ1v) is 11.1. The van der Waals surface area contributed by atoms with E-state index >= 15 is 0 Å². The van der Waals surface area contributed by atoms with Crippen LogP contribution in [0.3, 0.4) is 0 Å². The van der Waals surface area contributed by atoms with Crippen LogP contribution < -0.4 is 0 Å². The van der Waals surface area contributed by atoms with Crippen LogP contribution in [-0.4, -0.2) is 11.7 Å². The maximum absolute atomic E-state index is 8.98. The Morgan fingerprint density at radius 2 is 1.63 bits per heavy atom. The van der Waals surface area contributed by atoms with Crippen LogP contribution >= 0.6 is 0 Å². The number of aliphatic hydroxyl groups excluding tert-OH is 1. The predicted molar refractivity (Wildman–Crippen MR) is 116 cm³/mol. The van der Waals surface area contributed by atoms with Crippen LogP contribution in [0.25, 0.3) is 11.1 Å². The molecule has 0 saturated heterocycles. The largest absolute Gasteiger partial charge is 0.396 e. The zero-order valence-corrected chi connectivity index (χ0v) is 17.2. The second kappa shape index (κ2) is 10.1. The first kappa shape index (κ1) is 20.1. The molecule has 1 saturated carbocycles. The summed E-state index contributed by atoms with van der Waals surface area (Å²) in [6.45, 7) is 4.88. The molecule has 0 unspecified atom stereocenters. The van der Waals surface area contributed by atoms with Gasteiger partial charge >= 0.3 is 0 Å². The van der Waals surface area contributed by atoms with Crippen LogP contribution in [-0.2, 0) is 12.8 Å². The molecule has 0 atom stereocenters. The maximum atomic E-state index is 8.98. The van der Waals surface area contributed by atoms with E-state index in [1.165, 1.54) is 59.9 Å². The number of benzene rings is 2. The van der Waals surface area contributed by atoms with Crippen molar-refractivity contribution in [2.75, 3.05) is 6.61 Å². The zero-order chi connectivity index (χ0) is 19.1. The Kier molecular flexibility index (Phi) is 7.52. The summed E-state index contributed by atoms with van der Waals surface area (Å²) in [6, 6.07) is 16.4. The molecule has 0 spiro atoms. The van der Waals surface area contributed by atoms with Crippen LogP contribution in [0.4, 0.5) is 0 Å². The molecule has 0 aromatic heterocycles. The van der Waals surface area contributed by atoms with Crippen molar-refractivity contribution >= 4 is 0 Å². The molecule has 0 heterocycles. The van der Waals surface area contributed by atoms with Crippen molar-refractivity contribution in [3.05, 3.63) is 59.2 Å². The minimum atomic E-state index is 0.297. The molecule has 0 aliphatic heterocycles. The summed E-state index contributed by atoms with van der Waals surface area (Å²) >= 11 is 0. The Morgan fingerprint density at radius 1 is 0.889 bits per heavy atom. The number of unbranched alkanes of at least 4 members (excludes halogenated alkanes) is 1. The first-order chi connectivity index (χ1) is 13.2. The van der Waals surface area contributed by atoms with E-state index in [1.807, 2.05) is 0 Å². The van der Waals surface area contributed by atoms with Crippen LogP contribution in [0, 0.1) is 5.92 Å². The van der Waals surface area contributed by atoms with Crippen LogP contribution in [0.1, 0.15) is 81.4 Å². The third kappa shape index (κ3) is 5.23. The Bertz CT molecular complexity index is 693. The van der Waals surface area contributed by atoms with Gasteiger partial charge in [0.15, 0.2) is 0 Å². The third-order valence-electron chi connectivity index (χ3n) is 6.54. The Balaban J connectivity index is 1.71. The second-order valence-electron chi connectivity index (χ2n) is 8.27. The number of hydrogen-bond donors (Lipinski definition) is 1. The average molecular weight is 365 g/mol. The molecule has 1 aliphatic carbocycles. The standard InChI is InChI=1S/C26H36O/c1-3-20-8-11-23(12-9-20)24-13-15-25(16-14-24)26-17-10-21(7-5-6-18-27)19-22(26)4-2/h10,13-17,19-20,23,27H,3-9,11-12,18H2,1-2H3. The number of rotatable bonds is 8. The molecular formula is C26H36O. The molecule has 0 radical (unpaired) electrons. The summed E-state index contributed by atoms with van der Waals surface area (Å²) in [6.07, 6.45) is 11.0. The molecule has 1 aliphatic rings. The van der Waals surface area contributed by atoms with Gasteiger partial charge in [0.2, 0.25) is 0 Å². The molecular weight excluding hydrogens is 328 g/mol. The Hall–Kier alpha value is -1.60. The lowest BCUT2D eigenvalue weighted by Crippen LogP contribution is -2.12. The van der Waals surface area contributed by atoms with Gasteiger partial charge in [-0.1, -0.05) is 62.7 Å². The molecule has 1 fully saturated rings. The van der Waals surface area contributed by atoms with E-state index in [0.29, 0.717) is 6.61 Å². The lowest BCUT2D eigenvalue weighted by Gasteiger charge is -2.28. The van der Waals surface area contributed by atoms with Crippen molar-refractivity contribution in [3.8, 4) is 11.1 Å². The van der Waals surface area contributed by atoms with Gasteiger partial charge in [-0.05, 0) is 91.0 Å². The summed E-state index contributed by atoms with van der Waals surface area (Å²) in [4.78, 5) is 0. The number of aryl methyl sites for hydroxylation is 2. The zero-order valence-electron chi connectivity index (χ0n) is 17.2. The summed E-state index contributed by atoms with van der Waals surface area (Å²) in [5, 5.41) is 8.98. The lowest BCUT2D eigenvalue weighted by atomic mass is 9.77. The Morgan fingerprint density at radius 3 is 2.26 bits per heavy atom. The summed E-state index contributed by atoms with van der Waals surface area (Å²) < 4.78 is 0. The van der Waals surface area contributed by atoms with Crippen LogP contribution in [0.15, 0.2) is 42.5 Å². The smallest absolute Gasteiger partial charge is 0.0431 e. The van der Waals surface area contributed by atoms with Gasteiger partial charge in [0.25, 0.3) is 0 Å². The summed E-state index contributed by atoms with van der Waals surface area (Å²) in [5.41, 5.74) is 7.09. The number of hydrogen-bond acceptors (Lipinski definition) is 1. The van der Waals surface area contributed by atoms with E-state index < -0.39 is 0 Å². The minimum Gasteiger partial charge on any atom is -0.396 e. The fourth-order valence-corrected chi connectivity index (χ4v) is 4.66. The SMILES string of the molecule is CCc1cc(CCCCO)ccc1-c1ccc(C2CCC(CC)CC2)cc1. The van der Waals surface area contributed by atoms with E-state index in [0.717, 1.165) is 37.5 Å². The topological polar surface area (TPSA) is 20.2 Å². The van der Waals surface area contributed by atoms with Crippen molar-refractivity contribution in [1.29, 1.82) is 0 Å². The van der Waals surface area contributed by atoms with Gasteiger partial charge < -0.3 is 5.11 Å². The summed E-state index contributed by atoms with van der Waals surface area (Å²) in [5.74, 6) is 1.73. The highest BCUT2D eigenvalue weighted by molar-refractivity contribution is 5.68. The molecule has 27 heavy (non-hydrogen) atoms. The van der Waals surface area contributed by atoms with Crippen molar-refractivity contribution in [2.45, 2.75) is 77.6 Å². The molecule has 1 heteroatoms. The van der Waals surface area contributed by atoms with Gasteiger partial charge in [-0.2, -0.15) is 0 Å². The highest BCUT2D eigenvalue weighted by Crippen LogP contribution is 2.37. The minimum absolute atomic E-state index is 0.297. The fourth-order valence-electron chi connectivity index (χ4n) is 4.66. The molecule has 1 nitrogen and oxygen atoms in total. The van der Waals surface area contributed by atoms with Gasteiger partial charge in [0, 0.05) is 6.61 Å². The molecule has 146 valence electrons. The van der Waals surface area contributed by atoms with Crippen LogP contribution in [0.5, 0.6) is 0 Å². The van der Waals surface area contributed by atoms with E-state index in [1.54, 1.807) is 0 Å².